The first-order chi connectivity index (χ1) is 10.4. The number of fused-ring (bicyclic) bond motifs is 4. The molecule has 2 saturated carbocycles. The highest BCUT2D eigenvalue weighted by Gasteiger charge is 2.57. The van der Waals surface area contributed by atoms with Crippen LogP contribution in [0.1, 0.15) is 65.7 Å². The number of rotatable bonds is 0. The largest absolute Gasteiger partial charge is 0.373 e. The third-order valence-electron chi connectivity index (χ3n) is 7.61. The molecule has 3 fully saturated rings. The average Bonchev–Trinajstić information content (AvgIpc) is 2.51. The Labute approximate surface area is 134 Å². The van der Waals surface area contributed by atoms with Crippen LogP contribution in [0.4, 0.5) is 0 Å². The molecule has 5 rings (SSSR count). The number of allylic oxidation sites excluding steroid dienone is 1. The summed E-state index contributed by atoms with van der Waals surface area (Å²) >= 11 is 0. The van der Waals surface area contributed by atoms with Gasteiger partial charge in [-0.25, -0.2) is 0 Å². The quantitative estimate of drug-likeness (QED) is 0.614. The summed E-state index contributed by atoms with van der Waals surface area (Å²) in [6.45, 7) is 8.21. The predicted molar refractivity (Wildman–Crippen MR) is 87.5 cm³/mol. The number of hydrogen-bond donors (Lipinski definition) is 0. The van der Waals surface area contributed by atoms with E-state index in [0.29, 0.717) is 23.7 Å². The molecule has 4 bridgehead atoms. The second-order valence-corrected chi connectivity index (χ2v) is 9.37. The standard InChI is InChI=1S/C20H30O2/c1-18(2)8-4-9-20-13-22-12-17(21)19(3)10-7-15(20)14(11-19)5-6-16(18)20/h7,14,16H,4-6,8-13H2,1-3H3/t14-,16+,19-,20+/m0/s1. The molecule has 4 atom stereocenters. The fraction of sp³-hybridized carbons (Fsp3) is 0.850. The van der Waals surface area contributed by atoms with E-state index in [4.69, 9.17) is 4.74 Å². The first kappa shape index (κ1) is 14.9. The molecule has 2 aliphatic heterocycles. The number of Topliss-reactive ketones (excluding diaryl/α,β-unsaturated/α-hetero) is 1. The maximum Gasteiger partial charge on any atom is 0.164 e. The van der Waals surface area contributed by atoms with Crippen LogP contribution in [0.5, 0.6) is 0 Å². The molecule has 122 valence electrons. The van der Waals surface area contributed by atoms with Gasteiger partial charge in [0.05, 0.1) is 6.61 Å². The van der Waals surface area contributed by atoms with Gasteiger partial charge in [0.2, 0.25) is 0 Å². The van der Waals surface area contributed by atoms with Crippen molar-refractivity contribution in [3.8, 4) is 0 Å². The van der Waals surface area contributed by atoms with Gasteiger partial charge >= 0.3 is 0 Å². The zero-order valence-electron chi connectivity index (χ0n) is 14.4. The molecule has 5 aliphatic rings. The number of carbonyl (C=O) groups is 1. The van der Waals surface area contributed by atoms with Crippen LogP contribution in [0, 0.1) is 28.1 Å². The van der Waals surface area contributed by atoms with Crippen molar-refractivity contribution >= 4 is 5.78 Å². The van der Waals surface area contributed by atoms with Crippen molar-refractivity contribution in [1.29, 1.82) is 0 Å². The Morgan fingerprint density at radius 1 is 1.18 bits per heavy atom. The van der Waals surface area contributed by atoms with E-state index in [-0.39, 0.29) is 10.8 Å². The Morgan fingerprint density at radius 3 is 2.82 bits per heavy atom. The van der Waals surface area contributed by atoms with E-state index in [0.717, 1.165) is 25.4 Å². The van der Waals surface area contributed by atoms with Gasteiger partial charge in [-0.2, -0.15) is 0 Å². The van der Waals surface area contributed by atoms with E-state index in [2.05, 4.69) is 26.8 Å². The molecule has 1 spiro atoms. The minimum Gasteiger partial charge on any atom is -0.373 e. The zero-order valence-corrected chi connectivity index (χ0v) is 14.4. The minimum atomic E-state index is -0.170. The average molecular weight is 302 g/mol. The highest BCUT2D eigenvalue weighted by molar-refractivity contribution is 5.86. The molecule has 0 N–H and O–H groups in total. The van der Waals surface area contributed by atoms with Crippen LogP contribution in [-0.4, -0.2) is 19.0 Å². The van der Waals surface area contributed by atoms with Crippen LogP contribution in [-0.2, 0) is 9.53 Å². The summed E-state index contributed by atoms with van der Waals surface area (Å²) in [6, 6.07) is 0. The van der Waals surface area contributed by atoms with Gasteiger partial charge in [0.15, 0.2) is 5.78 Å². The molecular formula is C20H30O2. The van der Waals surface area contributed by atoms with E-state index < -0.39 is 0 Å². The summed E-state index contributed by atoms with van der Waals surface area (Å²) in [5, 5.41) is 0. The van der Waals surface area contributed by atoms with Gasteiger partial charge in [0, 0.05) is 10.8 Å². The molecule has 2 heterocycles. The summed E-state index contributed by atoms with van der Waals surface area (Å²) in [5.41, 5.74) is 2.16. The Morgan fingerprint density at radius 2 is 2.00 bits per heavy atom. The Bertz CT molecular complexity index is 532. The van der Waals surface area contributed by atoms with Crippen molar-refractivity contribution in [3.05, 3.63) is 11.6 Å². The van der Waals surface area contributed by atoms with Gasteiger partial charge in [-0.15, -0.1) is 0 Å². The molecule has 0 aromatic rings. The van der Waals surface area contributed by atoms with Gasteiger partial charge in [-0.05, 0) is 55.8 Å². The molecule has 1 saturated heterocycles. The number of hydrogen-bond acceptors (Lipinski definition) is 2. The van der Waals surface area contributed by atoms with Crippen molar-refractivity contribution in [2.45, 2.75) is 65.7 Å². The Hall–Kier alpha value is -0.630. The molecular weight excluding hydrogens is 272 g/mol. The molecule has 22 heavy (non-hydrogen) atoms. The fourth-order valence-corrected chi connectivity index (χ4v) is 6.43. The summed E-state index contributed by atoms with van der Waals surface area (Å²) in [7, 11) is 0. The van der Waals surface area contributed by atoms with Gasteiger partial charge < -0.3 is 4.74 Å². The van der Waals surface area contributed by atoms with Gasteiger partial charge in [-0.1, -0.05) is 38.8 Å². The van der Waals surface area contributed by atoms with E-state index in [1.807, 2.05) is 0 Å². The molecule has 0 aromatic carbocycles. The summed E-state index contributed by atoms with van der Waals surface area (Å²) in [6.07, 6.45) is 11.0. The van der Waals surface area contributed by atoms with Crippen LogP contribution in [0.3, 0.4) is 0 Å². The van der Waals surface area contributed by atoms with E-state index in [1.54, 1.807) is 5.57 Å². The first-order valence-corrected chi connectivity index (χ1v) is 9.19. The smallest absolute Gasteiger partial charge is 0.164 e. The summed E-state index contributed by atoms with van der Waals surface area (Å²) in [5.74, 6) is 1.70. The maximum atomic E-state index is 12.6. The monoisotopic (exact) mass is 302 g/mol. The van der Waals surface area contributed by atoms with E-state index >= 15 is 0 Å². The number of ether oxygens (including phenoxy) is 1. The lowest BCUT2D eigenvalue weighted by atomic mass is 9.46. The lowest BCUT2D eigenvalue weighted by Gasteiger charge is -2.59. The van der Waals surface area contributed by atoms with Crippen molar-refractivity contribution in [3.63, 3.8) is 0 Å². The minimum absolute atomic E-state index is 0.170. The van der Waals surface area contributed by atoms with Gasteiger partial charge in [-0.3, -0.25) is 4.79 Å². The SMILES string of the molecule is CC1(C)CCC[C@@]23COCC(=O)[C@@]4(C)CC=C2[C@@H](CC[C@H]13)C4. The normalized spacial score (nSPS) is 47.0. The molecule has 0 radical (unpaired) electrons. The van der Waals surface area contributed by atoms with Crippen LogP contribution in [0.15, 0.2) is 11.6 Å². The third kappa shape index (κ3) is 1.92. The molecule has 2 nitrogen and oxygen atoms in total. The van der Waals surface area contributed by atoms with Crippen molar-refractivity contribution < 1.29 is 9.53 Å². The zero-order chi connectivity index (χ0) is 15.6. The fourth-order valence-electron chi connectivity index (χ4n) is 6.43. The summed E-state index contributed by atoms with van der Waals surface area (Å²) in [4.78, 5) is 12.6. The van der Waals surface area contributed by atoms with Crippen molar-refractivity contribution in [2.24, 2.45) is 28.1 Å². The molecule has 0 amide bonds. The predicted octanol–water partition coefficient (Wildman–Crippen LogP) is 4.53. The number of ketones is 1. The lowest BCUT2D eigenvalue weighted by Crippen LogP contribution is -2.52. The molecule has 0 aromatic heterocycles. The highest BCUT2D eigenvalue weighted by atomic mass is 16.5. The Kier molecular flexibility index (Phi) is 3.18. The number of carbonyl (C=O) groups excluding carboxylic acids is 1. The third-order valence-corrected chi connectivity index (χ3v) is 7.61. The van der Waals surface area contributed by atoms with Crippen molar-refractivity contribution in [1.82, 2.24) is 0 Å². The van der Waals surface area contributed by atoms with E-state index in [1.165, 1.54) is 32.1 Å². The second-order valence-electron chi connectivity index (χ2n) is 9.37. The van der Waals surface area contributed by atoms with Crippen molar-refractivity contribution in [2.75, 3.05) is 13.2 Å². The maximum absolute atomic E-state index is 12.6. The van der Waals surface area contributed by atoms with Crippen LogP contribution in [0.2, 0.25) is 0 Å². The highest BCUT2D eigenvalue weighted by Crippen LogP contribution is 2.64. The molecule has 2 heteroatoms. The van der Waals surface area contributed by atoms with Crippen LogP contribution in [0.25, 0.3) is 0 Å². The lowest BCUT2D eigenvalue weighted by molar-refractivity contribution is -0.134. The van der Waals surface area contributed by atoms with Crippen LogP contribution >= 0.6 is 0 Å². The summed E-state index contributed by atoms with van der Waals surface area (Å²) < 4.78 is 6.06. The van der Waals surface area contributed by atoms with Crippen LogP contribution < -0.4 is 0 Å². The van der Waals surface area contributed by atoms with Gasteiger partial charge in [0.25, 0.3) is 0 Å². The first-order valence-electron chi connectivity index (χ1n) is 9.19. The molecule has 0 unspecified atom stereocenters. The van der Waals surface area contributed by atoms with Gasteiger partial charge in [0.1, 0.15) is 6.61 Å². The topological polar surface area (TPSA) is 26.3 Å². The Balaban J connectivity index is 1.82. The molecule has 3 aliphatic carbocycles. The van der Waals surface area contributed by atoms with E-state index in [9.17, 15) is 4.79 Å². The second kappa shape index (κ2) is 4.69.